The summed E-state index contributed by atoms with van der Waals surface area (Å²) >= 11 is 0. The molecule has 0 aliphatic rings. The Morgan fingerprint density at radius 2 is 1.47 bits per heavy atom. The first-order chi connectivity index (χ1) is 8.00. The van der Waals surface area contributed by atoms with Crippen molar-refractivity contribution < 1.29 is 14.0 Å². The van der Waals surface area contributed by atoms with Crippen molar-refractivity contribution in [2.45, 2.75) is 39.9 Å². The van der Waals surface area contributed by atoms with Gasteiger partial charge in [-0.3, -0.25) is 0 Å². The smallest absolute Gasteiger partial charge is 0.394 e. The average Bonchev–Trinajstić information content (AvgIpc) is 2.28. The maximum absolute atomic E-state index is 9.74. The van der Waals surface area contributed by atoms with Crippen molar-refractivity contribution in [2.75, 3.05) is 6.23 Å². The lowest BCUT2D eigenvalue weighted by atomic mass is 10.4. The third kappa shape index (κ3) is 3.92. The molecule has 0 amide bonds. The normalized spacial score (nSPS) is 12.4. The van der Waals surface area contributed by atoms with Crippen LogP contribution in [-0.2, 0) is 8.85 Å². The van der Waals surface area contributed by atoms with Crippen molar-refractivity contribution >= 4 is 13.7 Å². The molecule has 0 heterocycles. The Hall–Kier alpha value is -0.683. The molecule has 0 saturated carbocycles. The van der Waals surface area contributed by atoms with Crippen LogP contribution in [0.5, 0.6) is 0 Å². The van der Waals surface area contributed by atoms with Crippen LogP contribution in [0.3, 0.4) is 0 Å². The van der Waals surface area contributed by atoms with Gasteiger partial charge >= 0.3 is 8.56 Å². The van der Waals surface area contributed by atoms with Crippen LogP contribution in [0.15, 0.2) is 30.3 Å². The molecule has 3 nitrogen and oxygen atoms in total. The van der Waals surface area contributed by atoms with E-state index in [1.807, 2.05) is 58.0 Å². The van der Waals surface area contributed by atoms with Crippen molar-refractivity contribution in [3.05, 3.63) is 30.3 Å². The van der Waals surface area contributed by atoms with Gasteiger partial charge in [0.1, 0.15) is 0 Å². The first-order valence-electron chi connectivity index (χ1n) is 6.02. The molecule has 1 aromatic rings. The zero-order chi connectivity index (χ0) is 12.9. The number of benzene rings is 1. The monoisotopic (exact) mass is 254 g/mol. The molecule has 1 aromatic carbocycles. The number of aliphatic hydroxyl groups excluding tert-OH is 1. The van der Waals surface area contributed by atoms with Crippen molar-refractivity contribution in [2.24, 2.45) is 0 Å². The fraction of sp³-hybridized carbons (Fsp3) is 0.538. The summed E-state index contributed by atoms with van der Waals surface area (Å²) < 4.78 is 11.9. The minimum atomic E-state index is -2.72. The van der Waals surface area contributed by atoms with E-state index in [0.717, 1.165) is 5.19 Å². The van der Waals surface area contributed by atoms with Crippen LogP contribution >= 0.6 is 0 Å². The maximum atomic E-state index is 9.74. The van der Waals surface area contributed by atoms with Crippen LogP contribution in [0.2, 0.25) is 0 Å². The fourth-order valence-electron chi connectivity index (χ4n) is 1.78. The Bertz CT molecular complexity index is 315. The summed E-state index contributed by atoms with van der Waals surface area (Å²) in [5.74, 6) is 0. The zero-order valence-electron chi connectivity index (χ0n) is 11.0. The van der Waals surface area contributed by atoms with Crippen LogP contribution in [0.4, 0.5) is 0 Å². The molecule has 0 saturated heterocycles. The Morgan fingerprint density at radius 1 is 1.00 bits per heavy atom. The number of aliphatic hydroxyl groups is 1. The molecule has 0 bridgehead atoms. The molecule has 1 rings (SSSR count). The quantitative estimate of drug-likeness (QED) is 0.786. The molecule has 0 unspecified atom stereocenters. The van der Waals surface area contributed by atoms with Gasteiger partial charge in [0.25, 0.3) is 0 Å². The lowest BCUT2D eigenvalue weighted by Gasteiger charge is -2.32. The summed E-state index contributed by atoms with van der Waals surface area (Å²) in [6.07, 6.45) is 0.00782. The lowest BCUT2D eigenvalue weighted by molar-refractivity contribution is 0.0968. The highest BCUT2D eigenvalue weighted by Gasteiger charge is 2.41. The topological polar surface area (TPSA) is 38.7 Å². The second-order valence-corrected chi connectivity index (χ2v) is 7.48. The van der Waals surface area contributed by atoms with E-state index in [-0.39, 0.29) is 18.4 Å². The molecule has 17 heavy (non-hydrogen) atoms. The maximum Gasteiger partial charge on any atom is 0.399 e. The Balaban J connectivity index is 3.06. The zero-order valence-corrected chi connectivity index (χ0v) is 12.0. The van der Waals surface area contributed by atoms with E-state index in [1.165, 1.54) is 0 Å². The summed E-state index contributed by atoms with van der Waals surface area (Å²) in [7, 11) is -2.72. The predicted octanol–water partition coefficient (Wildman–Crippen LogP) is 1.72. The highest BCUT2D eigenvalue weighted by molar-refractivity contribution is 6.81. The van der Waals surface area contributed by atoms with Gasteiger partial charge in [-0.1, -0.05) is 30.3 Å². The summed E-state index contributed by atoms with van der Waals surface area (Å²) in [4.78, 5) is 0. The molecule has 0 spiro atoms. The molecule has 0 fully saturated rings. The number of hydrogen-bond donors (Lipinski definition) is 1. The molecule has 0 aromatic heterocycles. The summed E-state index contributed by atoms with van der Waals surface area (Å²) in [6.45, 7) is 7.85. The number of hydrogen-bond acceptors (Lipinski definition) is 3. The number of rotatable bonds is 6. The van der Waals surface area contributed by atoms with Gasteiger partial charge < -0.3 is 14.0 Å². The van der Waals surface area contributed by atoms with Gasteiger partial charge in [0.05, 0.1) is 6.23 Å². The van der Waals surface area contributed by atoms with E-state index >= 15 is 0 Å². The van der Waals surface area contributed by atoms with Crippen LogP contribution in [0.25, 0.3) is 0 Å². The molecule has 4 heteroatoms. The van der Waals surface area contributed by atoms with Crippen molar-refractivity contribution in [1.29, 1.82) is 0 Å². The molecule has 0 aliphatic heterocycles. The molecule has 0 radical (unpaired) electrons. The highest BCUT2D eigenvalue weighted by Crippen LogP contribution is 2.13. The van der Waals surface area contributed by atoms with Gasteiger partial charge in [-0.2, -0.15) is 0 Å². The first kappa shape index (κ1) is 14.4. The lowest BCUT2D eigenvalue weighted by Crippen LogP contribution is -2.59. The summed E-state index contributed by atoms with van der Waals surface area (Å²) in [5.41, 5.74) is 0. The van der Waals surface area contributed by atoms with E-state index < -0.39 is 8.56 Å². The first-order valence-corrected chi connectivity index (χ1v) is 8.04. The van der Waals surface area contributed by atoms with Gasteiger partial charge in [0.2, 0.25) is 0 Å². The molecule has 0 atom stereocenters. The second-order valence-electron chi connectivity index (χ2n) is 4.61. The minimum Gasteiger partial charge on any atom is -0.394 e. The van der Waals surface area contributed by atoms with E-state index in [9.17, 15) is 5.11 Å². The van der Waals surface area contributed by atoms with Gasteiger partial charge in [-0.05, 0) is 32.9 Å². The molecular weight excluding hydrogens is 232 g/mol. The average molecular weight is 254 g/mol. The van der Waals surface area contributed by atoms with Crippen molar-refractivity contribution in [3.8, 4) is 0 Å². The van der Waals surface area contributed by atoms with Crippen LogP contribution in [0.1, 0.15) is 27.7 Å². The molecule has 0 aliphatic carbocycles. The minimum absolute atomic E-state index is 0.0350. The highest BCUT2D eigenvalue weighted by atomic mass is 28.4. The largest absolute Gasteiger partial charge is 0.399 e. The molecule has 1 N–H and O–H groups in total. The standard InChI is InChI=1S/C13H22O3Si/c1-11(2)15-17(10-14,16-12(3)4)13-8-6-5-7-9-13/h5-9,11-12,14H,10H2,1-4H3. The Morgan fingerprint density at radius 3 is 1.82 bits per heavy atom. The van der Waals surface area contributed by atoms with Gasteiger partial charge in [0, 0.05) is 12.2 Å². The second kappa shape index (κ2) is 6.30. The van der Waals surface area contributed by atoms with E-state index in [2.05, 4.69) is 0 Å². The summed E-state index contributed by atoms with van der Waals surface area (Å²) in [5, 5.41) is 10.7. The van der Waals surface area contributed by atoms with Gasteiger partial charge in [-0.15, -0.1) is 0 Å². The van der Waals surface area contributed by atoms with Crippen LogP contribution in [0, 0.1) is 0 Å². The SMILES string of the molecule is CC(C)O[Si](CO)(OC(C)C)c1ccccc1. The van der Waals surface area contributed by atoms with Crippen molar-refractivity contribution in [1.82, 2.24) is 0 Å². The van der Waals surface area contributed by atoms with E-state index in [1.54, 1.807) is 0 Å². The summed E-state index contributed by atoms with van der Waals surface area (Å²) in [6, 6.07) is 9.77. The Labute approximate surface area is 105 Å². The van der Waals surface area contributed by atoms with Crippen LogP contribution < -0.4 is 5.19 Å². The van der Waals surface area contributed by atoms with Crippen molar-refractivity contribution in [3.63, 3.8) is 0 Å². The Kier molecular flexibility index (Phi) is 5.33. The van der Waals surface area contributed by atoms with Crippen LogP contribution in [-0.4, -0.2) is 32.1 Å². The van der Waals surface area contributed by atoms with E-state index in [0.29, 0.717) is 0 Å². The van der Waals surface area contributed by atoms with Gasteiger partial charge in [0.15, 0.2) is 0 Å². The third-order valence-corrected chi connectivity index (χ3v) is 5.61. The molecule has 96 valence electrons. The fourth-order valence-corrected chi connectivity index (χ4v) is 4.67. The van der Waals surface area contributed by atoms with E-state index in [4.69, 9.17) is 8.85 Å². The predicted molar refractivity (Wildman–Crippen MR) is 71.4 cm³/mol. The molecular formula is C13H22O3Si. The third-order valence-electron chi connectivity index (χ3n) is 2.27. The van der Waals surface area contributed by atoms with Gasteiger partial charge in [-0.25, -0.2) is 0 Å².